The molecule has 0 aliphatic carbocycles. The molecule has 0 saturated heterocycles. The van der Waals surface area contributed by atoms with Crippen LogP contribution in [0.25, 0.3) is 0 Å². The van der Waals surface area contributed by atoms with Crippen LogP contribution in [0.2, 0.25) is 5.02 Å². The fourth-order valence-corrected chi connectivity index (χ4v) is 3.83. The van der Waals surface area contributed by atoms with Crippen molar-refractivity contribution >= 4 is 59.7 Å². The molecule has 3 aromatic rings. The Bertz CT molecular complexity index is 1370. The number of hydrogen-bond donors (Lipinski definition) is 3. The molecule has 0 fully saturated rings. The van der Waals surface area contributed by atoms with Crippen LogP contribution in [0.5, 0.6) is 5.75 Å². The number of hydrogen-bond acceptors (Lipinski definition) is 7. The molecule has 11 nitrogen and oxygen atoms in total. The summed E-state index contributed by atoms with van der Waals surface area (Å²) in [6.45, 7) is -0.143. The second-order valence-corrected chi connectivity index (χ2v) is 8.70. The van der Waals surface area contributed by atoms with Gasteiger partial charge < -0.3 is 26.2 Å². The average Bonchev–Trinajstić information content (AvgIpc) is 2.90. The molecule has 216 valence electrons. The number of guanidine groups is 1. The van der Waals surface area contributed by atoms with Gasteiger partial charge in [-0.25, -0.2) is 9.79 Å². The number of nitrogens with zero attached hydrogens (tertiary/aromatic N) is 2. The first-order chi connectivity index (χ1) is 19.1. The van der Waals surface area contributed by atoms with Gasteiger partial charge in [0.15, 0.2) is 5.96 Å². The zero-order valence-electron chi connectivity index (χ0n) is 21.7. The number of carboxylic acid groups (broad SMARTS) is 1. The van der Waals surface area contributed by atoms with Crippen molar-refractivity contribution in [3.63, 3.8) is 0 Å². The van der Waals surface area contributed by atoms with E-state index in [-0.39, 0.29) is 55.7 Å². The number of aliphatic imine (C=N–C) groups is 1. The first kappa shape index (κ1) is 34.3. The van der Waals surface area contributed by atoms with E-state index in [2.05, 4.69) is 4.99 Å². The van der Waals surface area contributed by atoms with Crippen LogP contribution >= 0.6 is 24.0 Å². The Balaban J connectivity index is 0.00000201. The molecule has 0 saturated carbocycles. The molecule has 0 bridgehead atoms. The number of benzene rings is 3. The molecule has 0 aromatic heterocycles. The van der Waals surface area contributed by atoms with Gasteiger partial charge in [-0.1, -0.05) is 48.0 Å². The quantitative estimate of drug-likeness (QED) is 0.127. The first-order valence-electron chi connectivity index (χ1n) is 11.9. The molecular formula is C28H28Cl2N4O7. The number of halogens is 2. The summed E-state index contributed by atoms with van der Waals surface area (Å²) in [6.07, 6.45) is 1.39. The van der Waals surface area contributed by atoms with Gasteiger partial charge in [-0.05, 0) is 60.4 Å². The van der Waals surface area contributed by atoms with Crippen LogP contribution in [0, 0.1) is 0 Å². The van der Waals surface area contributed by atoms with Gasteiger partial charge in [-0.3, -0.25) is 9.59 Å². The topological polar surface area (TPSA) is 182 Å². The third-order valence-electron chi connectivity index (χ3n) is 5.33. The van der Waals surface area contributed by atoms with Crippen LogP contribution in [-0.4, -0.2) is 46.5 Å². The fourth-order valence-electron chi connectivity index (χ4n) is 3.57. The number of carboxylic acids is 1. The van der Waals surface area contributed by atoms with Crippen LogP contribution in [0.15, 0.2) is 77.8 Å². The maximum Gasteiger partial charge on any atom is 0.373 e. The highest BCUT2D eigenvalue weighted by molar-refractivity contribution is 6.31. The normalized spacial score (nSPS) is 9.59. The Morgan fingerprint density at radius 3 is 2.17 bits per heavy atom. The maximum absolute atomic E-state index is 12.7. The van der Waals surface area contributed by atoms with Crippen LogP contribution < -0.4 is 16.2 Å². The molecule has 0 atom stereocenters. The van der Waals surface area contributed by atoms with Gasteiger partial charge in [-0.15, -0.1) is 12.4 Å². The van der Waals surface area contributed by atoms with Crippen LogP contribution in [0.4, 0.5) is 5.69 Å². The Labute approximate surface area is 247 Å². The summed E-state index contributed by atoms with van der Waals surface area (Å²) in [6, 6.07) is 20.4. The lowest BCUT2D eigenvalue weighted by Crippen LogP contribution is -2.35. The van der Waals surface area contributed by atoms with E-state index in [1.54, 1.807) is 36.4 Å². The SMILES string of the molecule is Cl.NC(N)=Nc1ccc(C(=O)Oc2ccc(CCCC(=O)N(CC(=O)O)Cc3ccccc3)c(Cl)c2)cc1.O=C=O. The Morgan fingerprint density at radius 2 is 1.61 bits per heavy atom. The standard InChI is InChI=1S/C27H27ClN4O5.CO2.ClH/c28-23-15-22(37-26(36)20-9-12-21(13-10-20)31-27(29)30)14-11-19(23)7-4-8-24(33)32(17-25(34)35)16-18-5-2-1-3-6-18;2-1-3;/h1-3,5-6,9-15H,4,7-8,16-17H2,(H,34,35)(H4,29,30,31);;1H. The monoisotopic (exact) mass is 602 g/mol. The summed E-state index contributed by atoms with van der Waals surface area (Å²) in [5.74, 6) is -1.69. The van der Waals surface area contributed by atoms with Crippen molar-refractivity contribution in [2.24, 2.45) is 16.5 Å². The van der Waals surface area contributed by atoms with Crippen LogP contribution in [0.1, 0.15) is 34.3 Å². The van der Waals surface area contributed by atoms with E-state index in [1.807, 2.05) is 30.3 Å². The maximum atomic E-state index is 12.7. The van der Waals surface area contributed by atoms with Gasteiger partial charge in [0, 0.05) is 18.0 Å². The van der Waals surface area contributed by atoms with Crippen LogP contribution in [-0.2, 0) is 32.1 Å². The molecule has 1 amide bonds. The van der Waals surface area contributed by atoms with E-state index < -0.39 is 11.9 Å². The second kappa shape index (κ2) is 17.8. The summed E-state index contributed by atoms with van der Waals surface area (Å²) in [5.41, 5.74) is 13.1. The van der Waals surface area contributed by atoms with Crippen molar-refractivity contribution in [3.8, 4) is 5.75 Å². The summed E-state index contributed by atoms with van der Waals surface area (Å²) < 4.78 is 5.40. The molecule has 0 heterocycles. The molecule has 3 aromatic carbocycles. The summed E-state index contributed by atoms with van der Waals surface area (Å²) in [5, 5.41) is 9.59. The predicted molar refractivity (Wildman–Crippen MR) is 153 cm³/mol. The Hall–Kier alpha value is -4.70. The molecular weight excluding hydrogens is 575 g/mol. The third-order valence-corrected chi connectivity index (χ3v) is 5.68. The van der Waals surface area contributed by atoms with Gasteiger partial charge in [0.05, 0.1) is 11.3 Å². The highest BCUT2D eigenvalue weighted by Crippen LogP contribution is 2.25. The number of aryl methyl sites for hydroxylation is 1. The highest BCUT2D eigenvalue weighted by Gasteiger charge is 2.17. The number of carbonyl (C=O) groups excluding carboxylic acids is 4. The van der Waals surface area contributed by atoms with Crippen LogP contribution in [0.3, 0.4) is 0 Å². The van der Waals surface area contributed by atoms with E-state index in [9.17, 15) is 19.5 Å². The van der Waals surface area contributed by atoms with Crippen molar-refractivity contribution in [1.29, 1.82) is 0 Å². The third kappa shape index (κ3) is 12.3. The minimum absolute atomic E-state index is 0. The number of nitrogens with two attached hydrogens (primary N) is 2. The van der Waals surface area contributed by atoms with Crippen molar-refractivity contribution in [1.82, 2.24) is 4.90 Å². The number of carbonyl (C=O) groups is 3. The van der Waals surface area contributed by atoms with E-state index >= 15 is 0 Å². The minimum Gasteiger partial charge on any atom is -0.480 e. The van der Waals surface area contributed by atoms with E-state index in [4.69, 9.17) is 37.4 Å². The van der Waals surface area contributed by atoms with Crippen molar-refractivity contribution in [3.05, 3.63) is 94.5 Å². The zero-order valence-corrected chi connectivity index (χ0v) is 23.3. The van der Waals surface area contributed by atoms with Gasteiger partial charge in [0.1, 0.15) is 12.3 Å². The average molecular weight is 603 g/mol. The number of rotatable bonds is 11. The Kier molecular flexibility index (Phi) is 14.9. The van der Waals surface area contributed by atoms with Gasteiger partial charge in [-0.2, -0.15) is 9.59 Å². The highest BCUT2D eigenvalue weighted by atomic mass is 35.5. The predicted octanol–water partition coefficient (Wildman–Crippen LogP) is 3.74. The lowest BCUT2D eigenvalue weighted by Gasteiger charge is -2.21. The number of amides is 1. The van der Waals surface area contributed by atoms with E-state index in [1.165, 1.54) is 11.0 Å². The molecule has 0 radical (unpaired) electrons. The molecule has 0 aliphatic heterocycles. The van der Waals surface area contributed by atoms with Gasteiger partial charge in [0.25, 0.3) is 0 Å². The number of ether oxygens (including phenoxy) is 1. The Morgan fingerprint density at radius 1 is 0.976 bits per heavy atom. The van der Waals surface area contributed by atoms with Gasteiger partial charge in [0.2, 0.25) is 5.91 Å². The molecule has 0 aliphatic rings. The molecule has 0 unspecified atom stereocenters. The van der Waals surface area contributed by atoms with E-state index in [0.717, 1.165) is 11.1 Å². The molecule has 5 N–H and O–H groups in total. The zero-order chi connectivity index (χ0) is 29.5. The smallest absolute Gasteiger partial charge is 0.373 e. The molecule has 13 heteroatoms. The largest absolute Gasteiger partial charge is 0.480 e. The fraction of sp³-hybridized carbons (Fsp3) is 0.179. The molecule has 0 spiro atoms. The lowest BCUT2D eigenvalue weighted by atomic mass is 10.1. The van der Waals surface area contributed by atoms with Crippen molar-refractivity contribution in [2.45, 2.75) is 25.8 Å². The van der Waals surface area contributed by atoms with Crippen molar-refractivity contribution in [2.75, 3.05) is 6.54 Å². The summed E-state index contributed by atoms with van der Waals surface area (Å²) in [7, 11) is 0. The lowest BCUT2D eigenvalue weighted by molar-refractivity contribution is -0.191. The minimum atomic E-state index is -1.07. The van der Waals surface area contributed by atoms with E-state index in [0.29, 0.717) is 29.1 Å². The van der Waals surface area contributed by atoms with Crippen molar-refractivity contribution < 1.29 is 33.8 Å². The van der Waals surface area contributed by atoms with Gasteiger partial charge >= 0.3 is 18.1 Å². The molecule has 3 rings (SSSR count). The summed E-state index contributed by atoms with van der Waals surface area (Å²) in [4.78, 5) is 57.8. The summed E-state index contributed by atoms with van der Waals surface area (Å²) >= 11 is 6.38. The number of aliphatic carboxylic acids is 1. The number of esters is 1. The molecule has 41 heavy (non-hydrogen) atoms. The first-order valence-corrected chi connectivity index (χ1v) is 12.2. The second-order valence-electron chi connectivity index (χ2n) is 8.29.